The second-order valence-corrected chi connectivity index (χ2v) is 6.87. The van der Waals surface area contributed by atoms with E-state index in [1.165, 1.54) is 25.5 Å². The van der Waals surface area contributed by atoms with Crippen LogP contribution in [0.4, 0.5) is 0 Å². The molecule has 0 atom stereocenters. The Kier molecular flexibility index (Phi) is 6.95. The summed E-state index contributed by atoms with van der Waals surface area (Å²) >= 11 is 0. The number of hydrogen-bond donors (Lipinski definition) is 2. The molecule has 1 aromatic rings. The summed E-state index contributed by atoms with van der Waals surface area (Å²) < 4.78 is 5.21. The molecule has 22 heavy (non-hydrogen) atoms. The molecule has 1 saturated carbocycles. The highest BCUT2D eigenvalue weighted by molar-refractivity contribution is 5.94. The van der Waals surface area contributed by atoms with Gasteiger partial charge in [0.15, 0.2) is 0 Å². The van der Waals surface area contributed by atoms with Crippen molar-refractivity contribution < 1.29 is 9.21 Å². The van der Waals surface area contributed by atoms with E-state index in [-0.39, 0.29) is 24.4 Å². The van der Waals surface area contributed by atoms with Crippen LogP contribution in [0, 0.1) is 11.3 Å². The zero-order valence-electron chi connectivity index (χ0n) is 13.9. The second kappa shape index (κ2) is 8.02. The van der Waals surface area contributed by atoms with Crippen LogP contribution in [-0.4, -0.2) is 11.9 Å². The van der Waals surface area contributed by atoms with Crippen LogP contribution in [-0.2, 0) is 6.54 Å². The van der Waals surface area contributed by atoms with Gasteiger partial charge in [0.25, 0.3) is 5.91 Å². The molecule has 0 radical (unpaired) electrons. The first-order valence-electron chi connectivity index (χ1n) is 8.04. The van der Waals surface area contributed by atoms with E-state index in [9.17, 15) is 4.79 Å². The maximum atomic E-state index is 12.2. The van der Waals surface area contributed by atoms with Crippen molar-refractivity contribution in [2.24, 2.45) is 17.1 Å². The molecule has 2 rings (SSSR count). The van der Waals surface area contributed by atoms with Crippen molar-refractivity contribution in [3.63, 3.8) is 0 Å². The number of hydrogen-bond acceptors (Lipinski definition) is 3. The molecule has 1 aromatic heterocycles. The molecule has 1 aliphatic rings. The number of furan rings is 1. The van der Waals surface area contributed by atoms with Gasteiger partial charge in [-0.3, -0.25) is 4.79 Å². The van der Waals surface area contributed by atoms with Crippen LogP contribution in [0.2, 0.25) is 0 Å². The fraction of sp³-hybridized carbons (Fsp3) is 0.706. The Labute approximate surface area is 139 Å². The van der Waals surface area contributed by atoms with Gasteiger partial charge in [-0.25, -0.2) is 0 Å². The van der Waals surface area contributed by atoms with Gasteiger partial charge in [-0.2, -0.15) is 0 Å². The molecule has 0 spiro atoms. The summed E-state index contributed by atoms with van der Waals surface area (Å²) in [6.07, 6.45) is 7.24. The minimum atomic E-state index is -0.0448. The number of halogens is 1. The Morgan fingerprint density at radius 3 is 2.50 bits per heavy atom. The van der Waals surface area contributed by atoms with Crippen LogP contribution in [0.25, 0.3) is 0 Å². The fourth-order valence-electron chi connectivity index (χ4n) is 3.18. The number of nitrogens with one attached hydrogen (secondary N) is 1. The maximum Gasteiger partial charge on any atom is 0.254 e. The molecule has 0 aromatic carbocycles. The summed E-state index contributed by atoms with van der Waals surface area (Å²) in [5.41, 5.74) is 6.48. The molecule has 1 aliphatic carbocycles. The van der Waals surface area contributed by atoms with Crippen LogP contribution >= 0.6 is 12.4 Å². The van der Waals surface area contributed by atoms with Gasteiger partial charge in [0, 0.05) is 6.04 Å². The number of amides is 1. The van der Waals surface area contributed by atoms with Crippen LogP contribution in [0.5, 0.6) is 0 Å². The minimum absolute atomic E-state index is 0. The molecule has 0 unspecified atom stereocenters. The van der Waals surface area contributed by atoms with Gasteiger partial charge in [-0.1, -0.05) is 27.2 Å². The van der Waals surface area contributed by atoms with Crippen molar-refractivity contribution in [2.45, 2.75) is 65.5 Å². The highest BCUT2D eigenvalue weighted by Gasteiger charge is 2.32. The van der Waals surface area contributed by atoms with Crippen molar-refractivity contribution in [3.05, 3.63) is 23.7 Å². The van der Waals surface area contributed by atoms with Crippen LogP contribution in [0.3, 0.4) is 0 Å². The number of carbonyl (C=O) groups is 1. The van der Waals surface area contributed by atoms with E-state index in [2.05, 4.69) is 26.1 Å². The minimum Gasteiger partial charge on any atom is -0.467 e. The summed E-state index contributed by atoms with van der Waals surface area (Å²) in [7, 11) is 0. The number of rotatable bonds is 5. The largest absolute Gasteiger partial charge is 0.467 e. The molecule has 0 bridgehead atoms. The highest BCUT2D eigenvalue weighted by atomic mass is 35.5. The van der Waals surface area contributed by atoms with E-state index in [0.717, 1.165) is 18.8 Å². The van der Waals surface area contributed by atoms with Gasteiger partial charge in [0.1, 0.15) is 12.0 Å². The molecule has 0 aliphatic heterocycles. The smallest absolute Gasteiger partial charge is 0.254 e. The van der Waals surface area contributed by atoms with E-state index in [0.29, 0.717) is 23.3 Å². The molecule has 0 saturated heterocycles. The Hall–Kier alpha value is -1.00. The van der Waals surface area contributed by atoms with Crippen molar-refractivity contribution in [2.75, 3.05) is 0 Å². The number of carbonyl (C=O) groups excluding carboxylic acids is 1. The standard InChI is InChI=1S/C17H28N2O2.ClH/c1-4-17(2,3)13-5-7-14(8-6-13)19-16(20)12-9-15(10-18)21-11-12;/h9,11,13-14H,4-8,10,18H2,1-3H3,(H,19,20);1H. The number of nitrogens with two attached hydrogens (primary N) is 1. The first kappa shape index (κ1) is 19.0. The third-order valence-electron chi connectivity index (χ3n) is 5.20. The van der Waals surface area contributed by atoms with Gasteiger partial charge in [0.05, 0.1) is 12.1 Å². The molecule has 126 valence electrons. The lowest BCUT2D eigenvalue weighted by atomic mass is 9.69. The first-order chi connectivity index (χ1) is 9.96. The van der Waals surface area contributed by atoms with E-state index < -0.39 is 0 Å². The highest BCUT2D eigenvalue weighted by Crippen LogP contribution is 2.40. The molecule has 1 amide bonds. The summed E-state index contributed by atoms with van der Waals surface area (Å²) in [6.45, 7) is 7.30. The van der Waals surface area contributed by atoms with Crippen LogP contribution < -0.4 is 11.1 Å². The zero-order valence-corrected chi connectivity index (χ0v) is 14.7. The molecule has 3 N–H and O–H groups in total. The van der Waals surface area contributed by atoms with Gasteiger partial charge >= 0.3 is 0 Å². The Morgan fingerprint density at radius 1 is 1.36 bits per heavy atom. The summed E-state index contributed by atoms with van der Waals surface area (Å²) in [4.78, 5) is 12.2. The lowest BCUT2D eigenvalue weighted by Gasteiger charge is -2.39. The van der Waals surface area contributed by atoms with Gasteiger partial charge < -0.3 is 15.5 Å². The van der Waals surface area contributed by atoms with E-state index in [4.69, 9.17) is 10.2 Å². The van der Waals surface area contributed by atoms with Crippen molar-refractivity contribution in [3.8, 4) is 0 Å². The molecular weight excluding hydrogens is 300 g/mol. The topological polar surface area (TPSA) is 68.3 Å². The molecular formula is C17H29ClN2O2. The van der Waals surface area contributed by atoms with Crippen molar-refractivity contribution in [1.29, 1.82) is 0 Å². The van der Waals surface area contributed by atoms with E-state index >= 15 is 0 Å². The summed E-state index contributed by atoms with van der Waals surface area (Å²) in [5.74, 6) is 1.37. The Bertz CT molecular complexity index is 477. The average Bonchev–Trinajstić information content (AvgIpc) is 2.97. The zero-order chi connectivity index (χ0) is 15.5. The third kappa shape index (κ3) is 4.50. The maximum absolute atomic E-state index is 12.2. The average molecular weight is 329 g/mol. The third-order valence-corrected chi connectivity index (χ3v) is 5.20. The summed E-state index contributed by atoms with van der Waals surface area (Å²) in [6, 6.07) is 2.01. The van der Waals surface area contributed by atoms with Gasteiger partial charge in [0.2, 0.25) is 0 Å². The van der Waals surface area contributed by atoms with Crippen molar-refractivity contribution in [1.82, 2.24) is 5.32 Å². The lowest BCUT2D eigenvalue weighted by molar-refractivity contribution is 0.0892. The normalized spacial score (nSPS) is 22.0. The van der Waals surface area contributed by atoms with Crippen LogP contribution in [0.15, 0.2) is 16.7 Å². The lowest BCUT2D eigenvalue weighted by Crippen LogP contribution is -2.39. The molecule has 1 fully saturated rings. The quantitative estimate of drug-likeness (QED) is 0.861. The summed E-state index contributed by atoms with van der Waals surface area (Å²) in [5, 5.41) is 3.12. The molecule has 1 heterocycles. The first-order valence-corrected chi connectivity index (χ1v) is 8.04. The van der Waals surface area contributed by atoms with E-state index in [1.54, 1.807) is 6.07 Å². The van der Waals surface area contributed by atoms with Crippen LogP contribution in [0.1, 0.15) is 69.0 Å². The Balaban J connectivity index is 0.00000242. The van der Waals surface area contributed by atoms with Gasteiger partial charge in [-0.15, -0.1) is 12.4 Å². The van der Waals surface area contributed by atoms with Crippen molar-refractivity contribution >= 4 is 18.3 Å². The van der Waals surface area contributed by atoms with E-state index in [1.807, 2.05) is 0 Å². The molecule has 4 nitrogen and oxygen atoms in total. The predicted molar refractivity (Wildman–Crippen MR) is 91.1 cm³/mol. The Morgan fingerprint density at radius 2 is 2.00 bits per heavy atom. The SMILES string of the molecule is CCC(C)(C)C1CCC(NC(=O)c2coc(CN)c2)CC1.Cl. The fourth-order valence-corrected chi connectivity index (χ4v) is 3.18. The second-order valence-electron chi connectivity index (χ2n) is 6.87. The van der Waals surface area contributed by atoms with Gasteiger partial charge in [-0.05, 0) is 43.1 Å². The predicted octanol–water partition coefficient (Wildman–Crippen LogP) is 3.88. The molecule has 5 heteroatoms. The monoisotopic (exact) mass is 328 g/mol.